The molecule has 0 unspecified atom stereocenters. The molecule has 0 saturated heterocycles. The van der Waals surface area contributed by atoms with E-state index in [1.165, 1.54) is 5.56 Å². The van der Waals surface area contributed by atoms with Crippen molar-refractivity contribution >= 4 is 11.8 Å². The minimum atomic E-state index is 0.0377. The molecule has 0 bridgehead atoms. The first kappa shape index (κ1) is 20.7. The zero-order chi connectivity index (χ0) is 19.5. The van der Waals surface area contributed by atoms with Crippen LogP contribution in [-0.2, 0) is 17.8 Å². The molecule has 0 saturated carbocycles. The number of hydrogen-bond acceptors (Lipinski definition) is 2. The second-order valence-corrected chi connectivity index (χ2v) is 6.70. The average molecular weight is 367 g/mol. The quantitative estimate of drug-likeness (QED) is 0.685. The van der Waals surface area contributed by atoms with E-state index in [0.717, 1.165) is 37.9 Å². The van der Waals surface area contributed by atoms with Gasteiger partial charge < -0.3 is 10.2 Å². The Hall–Kier alpha value is -2.62. The van der Waals surface area contributed by atoms with Gasteiger partial charge in [-0.1, -0.05) is 55.8 Å². The lowest BCUT2D eigenvalue weighted by Crippen LogP contribution is -2.31. The molecule has 0 radical (unpaired) electrons. The molecule has 4 nitrogen and oxygen atoms in total. The summed E-state index contributed by atoms with van der Waals surface area (Å²) in [5.41, 5.74) is 2.86. The van der Waals surface area contributed by atoms with Crippen LogP contribution in [-0.4, -0.2) is 29.8 Å². The zero-order valence-electron chi connectivity index (χ0n) is 16.4. The number of nitrogens with zero attached hydrogens (tertiary/aromatic N) is 1. The second kappa shape index (κ2) is 11.2. The van der Waals surface area contributed by atoms with Crippen molar-refractivity contribution in [2.45, 2.75) is 46.1 Å². The van der Waals surface area contributed by atoms with Gasteiger partial charge in [0.15, 0.2) is 0 Å². The van der Waals surface area contributed by atoms with Crippen molar-refractivity contribution in [3.63, 3.8) is 0 Å². The minimum absolute atomic E-state index is 0.0377. The lowest BCUT2D eigenvalue weighted by Gasteiger charge is -2.20. The molecule has 0 atom stereocenters. The molecule has 0 aliphatic rings. The highest BCUT2D eigenvalue weighted by molar-refractivity contribution is 5.94. The maximum Gasteiger partial charge on any atom is 0.253 e. The van der Waals surface area contributed by atoms with Gasteiger partial charge in [0.05, 0.1) is 0 Å². The average Bonchev–Trinajstić information content (AvgIpc) is 2.72. The highest BCUT2D eigenvalue weighted by Gasteiger charge is 2.13. The van der Waals surface area contributed by atoms with Crippen LogP contribution in [0.2, 0.25) is 0 Å². The largest absolute Gasteiger partial charge is 0.352 e. The number of benzene rings is 2. The van der Waals surface area contributed by atoms with E-state index in [4.69, 9.17) is 0 Å². The lowest BCUT2D eigenvalue weighted by molar-refractivity contribution is -0.121. The van der Waals surface area contributed by atoms with E-state index >= 15 is 0 Å². The van der Waals surface area contributed by atoms with Gasteiger partial charge in [0.1, 0.15) is 0 Å². The standard InChI is InChI=1S/C23H30N2O2/c1-3-5-17-25(4-2)23(27)21-14-11-20(12-15-21)18-24-22(26)16-13-19-9-7-6-8-10-19/h6-12,14-15H,3-5,13,16-18H2,1-2H3,(H,24,26). The summed E-state index contributed by atoms with van der Waals surface area (Å²) in [5, 5.41) is 2.95. The van der Waals surface area contributed by atoms with Crippen LogP contribution in [0.1, 0.15) is 54.6 Å². The fourth-order valence-corrected chi connectivity index (χ4v) is 2.89. The van der Waals surface area contributed by atoms with Gasteiger partial charge in [0.2, 0.25) is 5.91 Å². The first-order valence-corrected chi connectivity index (χ1v) is 9.82. The Balaban J connectivity index is 1.80. The molecule has 0 aliphatic heterocycles. The number of aryl methyl sites for hydroxylation is 1. The van der Waals surface area contributed by atoms with Crippen molar-refractivity contribution in [3.8, 4) is 0 Å². The van der Waals surface area contributed by atoms with Gasteiger partial charge in [-0.3, -0.25) is 9.59 Å². The maximum atomic E-state index is 12.5. The van der Waals surface area contributed by atoms with Crippen molar-refractivity contribution in [1.82, 2.24) is 10.2 Å². The molecule has 0 heterocycles. The molecule has 2 aromatic rings. The minimum Gasteiger partial charge on any atom is -0.352 e. The summed E-state index contributed by atoms with van der Waals surface area (Å²) in [6.07, 6.45) is 3.31. The summed E-state index contributed by atoms with van der Waals surface area (Å²) >= 11 is 0. The van der Waals surface area contributed by atoms with Crippen LogP contribution >= 0.6 is 0 Å². The molecule has 4 heteroatoms. The fraction of sp³-hybridized carbons (Fsp3) is 0.391. The van der Waals surface area contributed by atoms with Gasteiger partial charge >= 0.3 is 0 Å². The molecule has 2 aromatic carbocycles. The van der Waals surface area contributed by atoms with E-state index in [1.54, 1.807) is 0 Å². The smallest absolute Gasteiger partial charge is 0.253 e. The predicted octanol–water partition coefficient (Wildman–Crippen LogP) is 4.20. The molecule has 144 valence electrons. The van der Waals surface area contributed by atoms with Gasteiger partial charge in [-0.2, -0.15) is 0 Å². The molecule has 1 N–H and O–H groups in total. The first-order chi connectivity index (χ1) is 13.1. The van der Waals surface area contributed by atoms with Crippen LogP contribution in [0.15, 0.2) is 54.6 Å². The van der Waals surface area contributed by atoms with Crippen LogP contribution < -0.4 is 5.32 Å². The lowest BCUT2D eigenvalue weighted by atomic mass is 10.1. The van der Waals surface area contributed by atoms with E-state index < -0.39 is 0 Å². The molecule has 27 heavy (non-hydrogen) atoms. The SMILES string of the molecule is CCCCN(CC)C(=O)c1ccc(CNC(=O)CCc2ccccc2)cc1. The Morgan fingerprint density at radius 3 is 2.26 bits per heavy atom. The molecule has 0 aliphatic carbocycles. The maximum absolute atomic E-state index is 12.5. The van der Waals surface area contributed by atoms with Crippen molar-refractivity contribution in [2.75, 3.05) is 13.1 Å². The molecule has 2 rings (SSSR count). The topological polar surface area (TPSA) is 49.4 Å². The number of rotatable bonds is 10. The number of carbonyl (C=O) groups is 2. The third-order valence-corrected chi connectivity index (χ3v) is 4.62. The molecule has 0 fully saturated rings. The van der Waals surface area contributed by atoms with Crippen LogP contribution in [0.25, 0.3) is 0 Å². The van der Waals surface area contributed by atoms with Crippen LogP contribution in [0.3, 0.4) is 0 Å². The van der Waals surface area contributed by atoms with Gasteiger partial charge in [0.25, 0.3) is 5.91 Å². The monoisotopic (exact) mass is 366 g/mol. The number of unbranched alkanes of at least 4 members (excludes halogenated alkanes) is 1. The Kier molecular flexibility index (Phi) is 8.56. The van der Waals surface area contributed by atoms with Crippen molar-refractivity contribution in [1.29, 1.82) is 0 Å². The van der Waals surface area contributed by atoms with Crippen molar-refractivity contribution in [3.05, 3.63) is 71.3 Å². The van der Waals surface area contributed by atoms with E-state index in [0.29, 0.717) is 18.5 Å². The third kappa shape index (κ3) is 6.89. The summed E-state index contributed by atoms with van der Waals surface area (Å²) in [6.45, 7) is 6.13. The highest BCUT2D eigenvalue weighted by Crippen LogP contribution is 2.09. The van der Waals surface area contributed by atoms with Crippen LogP contribution in [0, 0.1) is 0 Å². The number of amides is 2. The van der Waals surface area contributed by atoms with E-state index in [9.17, 15) is 9.59 Å². The Labute approximate surface area is 162 Å². The zero-order valence-corrected chi connectivity index (χ0v) is 16.4. The summed E-state index contributed by atoms with van der Waals surface area (Å²) in [6, 6.07) is 17.5. The van der Waals surface area contributed by atoms with Crippen LogP contribution in [0.4, 0.5) is 0 Å². The second-order valence-electron chi connectivity index (χ2n) is 6.70. The summed E-state index contributed by atoms with van der Waals surface area (Å²) in [7, 11) is 0. The molecule has 0 spiro atoms. The Morgan fingerprint density at radius 2 is 1.63 bits per heavy atom. The Bertz CT molecular complexity index is 711. The summed E-state index contributed by atoms with van der Waals surface area (Å²) in [4.78, 5) is 26.4. The van der Waals surface area contributed by atoms with E-state index in [1.807, 2.05) is 66.4 Å². The normalized spacial score (nSPS) is 10.4. The molecular formula is C23H30N2O2. The Morgan fingerprint density at radius 1 is 0.926 bits per heavy atom. The van der Waals surface area contributed by atoms with E-state index in [2.05, 4.69) is 12.2 Å². The molecule has 0 aromatic heterocycles. The van der Waals surface area contributed by atoms with Gasteiger partial charge in [0, 0.05) is 31.6 Å². The van der Waals surface area contributed by atoms with Crippen LogP contribution in [0.5, 0.6) is 0 Å². The third-order valence-electron chi connectivity index (χ3n) is 4.62. The van der Waals surface area contributed by atoms with Gasteiger partial charge in [-0.05, 0) is 43.0 Å². The van der Waals surface area contributed by atoms with Crippen molar-refractivity contribution in [2.24, 2.45) is 0 Å². The first-order valence-electron chi connectivity index (χ1n) is 9.82. The molecular weight excluding hydrogens is 336 g/mol. The summed E-state index contributed by atoms with van der Waals surface area (Å²) < 4.78 is 0. The highest BCUT2D eigenvalue weighted by atomic mass is 16.2. The van der Waals surface area contributed by atoms with Gasteiger partial charge in [-0.15, -0.1) is 0 Å². The van der Waals surface area contributed by atoms with Crippen molar-refractivity contribution < 1.29 is 9.59 Å². The van der Waals surface area contributed by atoms with Gasteiger partial charge in [-0.25, -0.2) is 0 Å². The predicted molar refractivity (Wildman–Crippen MR) is 110 cm³/mol. The number of carbonyl (C=O) groups excluding carboxylic acids is 2. The van der Waals surface area contributed by atoms with E-state index in [-0.39, 0.29) is 11.8 Å². The fourth-order valence-electron chi connectivity index (χ4n) is 2.89. The number of nitrogens with one attached hydrogen (secondary N) is 1. The number of hydrogen-bond donors (Lipinski definition) is 1. The molecule has 2 amide bonds. The summed E-state index contributed by atoms with van der Waals surface area (Å²) in [5.74, 6) is 0.111.